The number of amides is 1. The minimum Gasteiger partial charge on any atom is -0.346 e. The maximum atomic E-state index is 13.8. The molecule has 1 amide bonds. The van der Waals surface area contributed by atoms with Gasteiger partial charge in [-0.15, -0.1) is 0 Å². The molecular weight excluding hydrogens is 406 g/mol. The zero-order valence-corrected chi connectivity index (χ0v) is 15.3. The number of hydrogen-bond donors (Lipinski definition) is 2. The Morgan fingerprint density at radius 3 is 2.57 bits per heavy atom. The summed E-state index contributed by atoms with van der Waals surface area (Å²) < 4.78 is 53.5. The SMILES string of the molecule is C[C@H](NC(=O)Cc1cc2c(C(F)(F)F)c(F)ccc2[nH]c1=O)c1ncc(C#N)cn1. The smallest absolute Gasteiger partial charge is 0.346 e. The van der Waals surface area contributed by atoms with Crippen LogP contribution < -0.4 is 10.9 Å². The van der Waals surface area contributed by atoms with E-state index in [4.69, 9.17) is 5.26 Å². The molecule has 0 saturated heterocycles. The molecule has 0 unspecified atom stereocenters. The van der Waals surface area contributed by atoms with Crippen molar-refractivity contribution in [2.45, 2.75) is 25.6 Å². The van der Waals surface area contributed by atoms with Crippen molar-refractivity contribution >= 4 is 16.8 Å². The summed E-state index contributed by atoms with van der Waals surface area (Å²) in [6.45, 7) is 1.56. The van der Waals surface area contributed by atoms with Crippen LogP contribution in [0.5, 0.6) is 0 Å². The fraction of sp³-hybridized carbons (Fsp3) is 0.211. The largest absolute Gasteiger partial charge is 0.419 e. The zero-order chi connectivity index (χ0) is 22.1. The van der Waals surface area contributed by atoms with Crippen molar-refractivity contribution in [2.24, 2.45) is 0 Å². The summed E-state index contributed by atoms with van der Waals surface area (Å²) in [4.78, 5) is 34.6. The number of carbonyl (C=O) groups excluding carboxylic acids is 1. The molecule has 0 radical (unpaired) electrons. The Morgan fingerprint density at radius 1 is 1.30 bits per heavy atom. The second-order valence-corrected chi connectivity index (χ2v) is 6.41. The average Bonchev–Trinajstić information content (AvgIpc) is 2.67. The number of benzene rings is 1. The van der Waals surface area contributed by atoms with Crippen LogP contribution in [0.4, 0.5) is 17.6 Å². The van der Waals surface area contributed by atoms with E-state index < -0.39 is 46.9 Å². The first-order chi connectivity index (χ1) is 14.1. The molecular formula is C19H13F4N5O2. The van der Waals surface area contributed by atoms with Gasteiger partial charge in [-0.25, -0.2) is 14.4 Å². The number of fused-ring (bicyclic) bond motifs is 1. The highest BCUT2D eigenvalue weighted by atomic mass is 19.4. The van der Waals surface area contributed by atoms with E-state index in [2.05, 4.69) is 20.3 Å². The number of nitrogens with zero attached hydrogens (tertiary/aromatic N) is 3. The van der Waals surface area contributed by atoms with E-state index in [1.54, 1.807) is 6.92 Å². The Hall–Kier alpha value is -3.81. The van der Waals surface area contributed by atoms with Crippen LogP contribution in [-0.2, 0) is 17.4 Å². The summed E-state index contributed by atoms with van der Waals surface area (Å²) in [6.07, 6.45) is -2.99. The van der Waals surface area contributed by atoms with Gasteiger partial charge in [-0.2, -0.15) is 18.4 Å². The van der Waals surface area contributed by atoms with Crippen LogP contribution in [0, 0.1) is 17.1 Å². The number of halogens is 4. The molecule has 2 N–H and O–H groups in total. The summed E-state index contributed by atoms with van der Waals surface area (Å²) >= 11 is 0. The van der Waals surface area contributed by atoms with Crippen molar-refractivity contribution in [3.05, 3.63) is 69.3 Å². The molecule has 7 nitrogen and oxygen atoms in total. The van der Waals surface area contributed by atoms with Crippen LogP contribution in [-0.4, -0.2) is 20.9 Å². The summed E-state index contributed by atoms with van der Waals surface area (Å²) in [7, 11) is 0. The minimum absolute atomic E-state index is 0.197. The van der Waals surface area contributed by atoms with Crippen LogP contribution in [0.25, 0.3) is 10.9 Å². The topological polar surface area (TPSA) is 112 Å². The Balaban J connectivity index is 1.87. The van der Waals surface area contributed by atoms with Gasteiger partial charge < -0.3 is 10.3 Å². The molecule has 0 fully saturated rings. The number of carbonyl (C=O) groups is 1. The summed E-state index contributed by atoms with van der Waals surface area (Å²) in [5.74, 6) is -1.95. The van der Waals surface area contributed by atoms with E-state index in [-0.39, 0.29) is 22.5 Å². The Labute approximate surface area is 166 Å². The molecule has 11 heteroatoms. The number of rotatable bonds is 4. The van der Waals surface area contributed by atoms with Crippen molar-refractivity contribution in [1.29, 1.82) is 5.26 Å². The lowest BCUT2D eigenvalue weighted by atomic mass is 10.0. The van der Waals surface area contributed by atoms with E-state index in [1.165, 1.54) is 12.4 Å². The van der Waals surface area contributed by atoms with Gasteiger partial charge in [-0.1, -0.05) is 0 Å². The molecule has 0 aliphatic carbocycles. The standard InChI is InChI=1S/C19H13F4N5O2/c1-9(17-25-7-10(6-24)8-26-17)27-15(29)5-11-4-12-14(28-18(11)30)3-2-13(20)16(12)19(21,22)23/h2-4,7-9H,5H2,1H3,(H,27,29)(H,28,30)/t9-/m0/s1. The molecule has 3 aromatic rings. The second kappa shape index (κ2) is 7.90. The van der Waals surface area contributed by atoms with Crippen molar-refractivity contribution < 1.29 is 22.4 Å². The fourth-order valence-electron chi connectivity index (χ4n) is 2.86. The molecule has 1 atom stereocenters. The number of H-pyrrole nitrogens is 1. The third-order valence-corrected chi connectivity index (χ3v) is 4.25. The number of pyridine rings is 1. The van der Waals surface area contributed by atoms with E-state index in [0.717, 1.165) is 12.1 Å². The van der Waals surface area contributed by atoms with E-state index in [9.17, 15) is 27.2 Å². The predicted octanol–water partition coefficient (Wildman–Crippen LogP) is 2.77. The van der Waals surface area contributed by atoms with Gasteiger partial charge in [0.1, 0.15) is 23.3 Å². The van der Waals surface area contributed by atoms with E-state index in [1.807, 2.05) is 6.07 Å². The third kappa shape index (κ3) is 4.27. The fourth-order valence-corrected chi connectivity index (χ4v) is 2.86. The number of nitrogens with one attached hydrogen (secondary N) is 2. The molecule has 0 spiro atoms. The van der Waals surface area contributed by atoms with Gasteiger partial charge >= 0.3 is 6.18 Å². The highest BCUT2D eigenvalue weighted by Gasteiger charge is 2.36. The van der Waals surface area contributed by atoms with Crippen molar-refractivity contribution in [2.75, 3.05) is 0 Å². The molecule has 3 rings (SSSR count). The maximum absolute atomic E-state index is 13.8. The van der Waals surface area contributed by atoms with Crippen LogP contribution >= 0.6 is 0 Å². The Kier molecular flexibility index (Phi) is 5.51. The van der Waals surface area contributed by atoms with Crippen LogP contribution in [0.15, 0.2) is 35.4 Å². The lowest BCUT2D eigenvalue weighted by Gasteiger charge is -2.14. The maximum Gasteiger partial charge on any atom is 0.419 e. The minimum atomic E-state index is -4.98. The van der Waals surface area contributed by atoms with Gasteiger partial charge in [0.15, 0.2) is 0 Å². The quantitative estimate of drug-likeness (QED) is 0.632. The van der Waals surface area contributed by atoms with Gasteiger partial charge in [0, 0.05) is 28.9 Å². The zero-order valence-electron chi connectivity index (χ0n) is 15.3. The molecule has 0 bridgehead atoms. The Bertz CT molecular complexity index is 1210. The van der Waals surface area contributed by atoms with Crippen molar-refractivity contribution in [3.8, 4) is 6.07 Å². The van der Waals surface area contributed by atoms with Gasteiger partial charge in [0.2, 0.25) is 5.91 Å². The van der Waals surface area contributed by atoms with Crippen molar-refractivity contribution in [1.82, 2.24) is 20.3 Å². The molecule has 154 valence electrons. The van der Waals surface area contributed by atoms with Gasteiger partial charge in [-0.05, 0) is 25.1 Å². The summed E-state index contributed by atoms with van der Waals surface area (Å²) in [5.41, 5.74) is -2.51. The average molecular weight is 419 g/mol. The molecule has 30 heavy (non-hydrogen) atoms. The molecule has 0 saturated carbocycles. The highest BCUT2D eigenvalue weighted by molar-refractivity contribution is 5.85. The van der Waals surface area contributed by atoms with Crippen LogP contribution in [0.1, 0.15) is 35.5 Å². The summed E-state index contributed by atoms with van der Waals surface area (Å²) in [6, 6.07) is 3.67. The number of alkyl halides is 3. The first-order valence-corrected chi connectivity index (χ1v) is 8.53. The van der Waals surface area contributed by atoms with Crippen LogP contribution in [0.2, 0.25) is 0 Å². The monoisotopic (exact) mass is 419 g/mol. The molecule has 1 aromatic carbocycles. The first kappa shape index (κ1) is 20.9. The summed E-state index contributed by atoms with van der Waals surface area (Å²) in [5, 5.41) is 10.7. The van der Waals surface area contributed by atoms with E-state index >= 15 is 0 Å². The normalized spacial score (nSPS) is 12.4. The lowest BCUT2D eigenvalue weighted by molar-refractivity contribution is -0.138. The molecule has 0 aliphatic rings. The molecule has 2 aromatic heterocycles. The van der Waals surface area contributed by atoms with Gasteiger partial charge in [0.25, 0.3) is 5.56 Å². The first-order valence-electron chi connectivity index (χ1n) is 8.53. The highest BCUT2D eigenvalue weighted by Crippen LogP contribution is 2.36. The molecule has 2 heterocycles. The number of aromatic nitrogens is 3. The number of nitriles is 1. The van der Waals surface area contributed by atoms with Gasteiger partial charge in [0.05, 0.1) is 18.0 Å². The lowest BCUT2D eigenvalue weighted by Crippen LogP contribution is -2.31. The number of aromatic amines is 1. The molecule has 0 aliphatic heterocycles. The Morgan fingerprint density at radius 2 is 1.97 bits per heavy atom. The van der Waals surface area contributed by atoms with Crippen LogP contribution in [0.3, 0.4) is 0 Å². The third-order valence-electron chi connectivity index (χ3n) is 4.25. The van der Waals surface area contributed by atoms with Crippen molar-refractivity contribution in [3.63, 3.8) is 0 Å². The number of hydrogen-bond acceptors (Lipinski definition) is 5. The second-order valence-electron chi connectivity index (χ2n) is 6.41. The van der Waals surface area contributed by atoms with Gasteiger partial charge in [-0.3, -0.25) is 9.59 Å². The predicted molar refractivity (Wildman–Crippen MR) is 96.5 cm³/mol. The van der Waals surface area contributed by atoms with E-state index in [0.29, 0.717) is 6.07 Å².